The number of nitrogens with one attached hydrogen (secondary N) is 1. The molecule has 0 saturated carbocycles. The van der Waals surface area contributed by atoms with Crippen molar-refractivity contribution in [2.24, 2.45) is 0 Å². The van der Waals surface area contributed by atoms with Gasteiger partial charge in [0.25, 0.3) is 5.91 Å². The van der Waals surface area contributed by atoms with Gasteiger partial charge in [-0.3, -0.25) is 9.69 Å². The predicted molar refractivity (Wildman–Crippen MR) is 99.7 cm³/mol. The predicted octanol–water partition coefficient (Wildman–Crippen LogP) is 3.33. The van der Waals surface area contributed by atoms with Crippen LogP contribution in [0.1, 0.15) is 34.8 Å². The van der Waals surface area contributed by atoms with Gasteiger partial charge in [0.1, 0.15) is 0 Å². The molecule has 25 heavy (non-hydrogen) atoms. The van der Waals surface area contributed by atoms with Gasteiger partial charge in [-0.2, -0.15) is 11.3 Å². The van der Waals surface area contributed by atoms with Crippen LogP contribution in [0.5, 0.6) is 11.5 Å². The lowest BCUT2D eigenvalue weighted by Gasteiger charge is -2.27. The average molecular weight is 360 g/mol. The normalized spacial score (nSPS) is 15.8. The summed E-state index contributed by atoms with van der Waals surface area (Å²) in [5.74, 6) is 0.884. The standard InChI is InChI=1S/C19H24N2O3S/c1-23-17-7-5-6-15(18(17)24-2)19(22)20-12-16(14-8-11-25-13-14)21-9-3-4-10-21/h5-8,11,13,16H,3-4,9-10,12H2,1-2H3,(H,20,22). The van der Waals surface area contributed by atoms with Gasteiger partial charge in [0, 0.05) is 6.54 Å². The number of rotatable bonds is 7. The molecule has 3 rings (SSSR count). The molecule has 2 heterocycles. The van der Waals surface area contributed by atoms with E-state index in [-0.39, 0.29) is 11.9 Å². The second-order valence-corrected chi connectivity index (χ2v) is 6.85. The van der Waals surface area contributed by atoms with Crippen molar-refractivity contribution in [3.05, 3.63) is 46.2 Å². The van der Waals surface area contributed by atoms with Crippen molar-refractivity contribution in [1.29, 1.82) is 0 Å². The lowest BCUT2D eigenvalue weighted by atomic mass is 10.1. The summed E-state index contributed by atoms with van der Waals surface area (Å²) in [6.07, 6.45) is 2.44. The molecule has 1 aliphatic rings. The van der Waals surface area contributed by atoms with Crippen LogP contribution < -0.4 is 14.8 Å². The molecule has 134 valence electrons. The van der Waals surface area contributed by atoms with Crippen molar-refractivity contribution < 1.29 is 14.3 Å². The van der Waals surface area contributed by atoms with Crippen LogP contribution in [-0.4, -0.2) is 44.7 Å². The van der Waals surface area contributed by atoms with E-state index in [2.05, 4.69) is 27.0 Å². The summed E-state index contributed by atoms with van der Waals surface area (Å²) in [7, 11) is 3.12. The first kappa shape index (κ1) is 17.8. The number of carbonyl (C=O) groups is 1. The number of para-hydroxylation sites is 1. The highest BCUT2D eigenvalue weighted by molar-refractivity contribution is 7.07. The van der Waals surface area contributed by atoms with Crippen molar-refractivity contribution in [3.8, 4) is 11.5 Å². The fourth-order valence-electron chi connectivity index (χ4n) is 3.33. The molecule has 5 nitrogen and oxygen atoms in total. The number of benzene rings is 1. The maximum atomic E-state index is 12.7. The van der Waals surface area contributed by atoms with E-state index in [1.165, 1.54) is 18.4 Å². The van der Waals surface area contributed by atoms with E-state index >= 15 is 0 Å². The van der Waals surface area contributed by atoms with Crippen molar-refractivity contribution in [3.63, 3.8) is 0 Å². The first-order valence-corrected chi connectivity index (χ1v) is 9.44. The molecule has 1 N–H and O–H groups in total. The van der Waals surface area contributed by atoms with Crippen LogP contribution >= 0.6 is 11.3 Å². The van der Waals surface area contributed by atoms with Crippen LogP contribution in [0.15, 0.2) is 35.0 Å². The Bertz CT molecular complexity index is 697. The van der Waals surface area contributed by atoms with E-state index in [1.54, 1.807) is 43.8 Å². The van der Waals surface area contributed by atoms with Crippen LogP contribution in [0.25, 0.3) is 0 Å². The fraction of sp³-hybridized carbons (Fsp3) is 0.421. The van der Waals surface area contributed by atoms with E-state index in [0.717, 1.165) is 13.1 Å². The molecule has 0 bridgehead atoms. The van der Waals surface area contributed by atoms with Gasteiger partial charge in [0.15, 0.2) is 11.5 Å². The second kappa shape index (κ2) is 8.36. The minimum Gasteiger partial charge on any atom is -0.493 e. The molecule has 1 unspecified atom stereocenters. The van der Waals surface area contributed by atoms with Crippen LogP contribution in [0, 0.1) is 0 Å². The smallest absolute Gasteiger partial charge is 0.255 e. The van der Waals surface area contributed by atoms with Crippen molar-refractivity contribution in [2.75, 3.05) is 33.9 Å². The second-order valence-electron chi connectivity index (χ2n) is 6.07. The van der Waals surface area contributed by atoms with E-state index in [1.807, 2.05) is 0 Å². The number of thiophene rings is 1. The van der Waals surface area contributed by atoms with Gasteiger partial charge < -0.3 is 14.8 Å². The van der Waals surface area contributed by atoms with E-state index in [4.69, 9.17) is 9.47 Å². The quantitative estimate of drug-likeness (QED) is 0.823. The molecule has 1 atom stereocenters. The Morgan fingerprint density at radius 1 is 1.24 bits per heavy atom. The molecular weight excluding hydrogens is 336 g/mol. The first-order valence-electron chi connectivity index (χ1n) is 8.50. The minimum absolute atomic E-state index is 0.143. The van der Waals surface area contributed by atoms with E-state index < -0.39 is 0 Å². The summed E-state index contributed by atoms with van der Waals surface area (Å²) < 4.78 is 10.7. The molecule has 1 aliphatic heterocycles. The molecule has 1 saturated heterocycles. The maximum absolute atomic E-state index is 12.7. The Hall–Kier alpha value is -2.05. The van der Waals surface area contributed by atoms with E-state index in [0.29, 0.717) is 23.6 Å². The van der Waals surface area contributed by atoms with Gasteiger partial charge in [-0.05, 0) is 60.5 Å². The number of carbonyl (C=O) groups excluding carboxylic acids is 1. The molecule has 1 aromatic heterocycles. The fourth-order valence-corrected chi connectivity index (χ4v) is 4.03. The lowest BCUT2D eigenvalue weighted by Crippen LogP contribution is -2.36. The zero-order valence-corrected chi connectivity index (χ0v) is 15.5. The molecule has 0 radical (unpaired) electrons. The zero-order chi connectivity index (χ0) is 17.6. The highest BCUT2D eigenvalue weighted by atomic mass is 32.1. The summed E-state index contributed by atoms with van der Waals surface area (Å²) >= 11 is 1.69. The topological polar surface area (TPSA) is 50.8 Å². The molecule has 0 aliphatic carbocycles. The lowest BCUT2D eigenvalue weighted by molar-refractivity contribution is 0.0934. The van der Waals surface area contributed by atoms with Gasteiger partial charge in [-0.1, -0.05) is 6.07 Å². The number of amides is 1. The summed E-state index contributed by atoms with van der Waals surface area (Å²) in [5, 5.41) is 7.34. The third-order valence-electron chi connectivity index (χ3n) is 4.61. The number of methoxy groups -OCH3 is 2. The van der Waals surface area contributed by atoms with Crippen molar-refractivity contribution in [1.82, 2.24) is 10.2 Å². The van der Waals surface area contributed by atoms with Gasteiger partial charge >= 0.3 is 0 Å². The molecule has 1 amide bonds. The Kier molecular flexibility index (Phi) is 5.94. The number of likely N-dealkylation sites (tertiary alicyclic amines) is 1. The van der Waals surface area contributed by atoms with Crippen LogP contribution in [0.3, 0.4) is 0 Å². The van der Waals surface area contributed by atoms with Gasteiger partial charge in [-0.25, -0.2) is 0 Å². The number of nitrogens with zero attached hydrogens (tertiary/aromatic N) is 1. The van der Waals surface area contributed by atoms with E-state index in [9.17, 15) is 4.79 Å². The summed E-state index contributed by atoms with van der Waals surface area (Å²) in [6, 6.07) is 7.70. The minimum atomic E-state index is -0.143. The van der Waals surface area contributed by atoms with Crippen LogP contribution in [0.2, 0.25) is 0 Å². The van der Waals surface area contributed by atoms with Crippen molar-refractivity contribution >= 4 is 17.2 Å². The largest absolute Gasteiger partial charge is 0.493 e. The van der Waals surface area contributed by atoms with Crippen LogP contribution in [-0.2, 0) is 0 Å². The molecule has 2 aromatic rings. The summed E-state index contributed by atoms with van der Waals surface area (Å²) in [5.41, 5.74) is 1.76. The van der Waals surface area contributed by atoms with Gasteiger partial charge in [0.2, 0.25) is 0 Å². The van der Waals surface area contributed by atoms with Crippen molar-refractivity contribution in [2.45, 2.75) is 18.9 Å². The number of hydrogen-bond acceptors (Lipinski definition) is 5. The highest BCUT2D eigenvalue weighted by Gasteiger charge is 2.25. The SMILES string of the molecule is COc1cccc(C(=O)NCC(c2ccsc2)N2CCCC2)c1OC. The first-order chi connectivity index (χ1) is 12.2. The third-order valence-corrected chi connectivity index (χ3v) is 5.31. The average Bonchev–Trinajstić information content (AvgIpc) is 3.35. The molecule has 1 fully saturated rings. The Labute approximate surface area is 152 Å². The summed E-state index contributed by atoms with van der Waals surface area (Å²) in [6.45, 7) is 2.74. The summed E-state index contributed by atoms with van der Waals surface area (Å²) in [4.78, 5) is 15.2. The third kappa shape index (κ3) is 3.96. The molecule has 1 aromatic carbocycles. The van der Waals surface area contributed by atoms with Crippen LogP contribution in [0.4, 0.5) is 0 Å². The highest BCUT2D eigenvalue weighted by Crippen LogP contribution is 2.31. The molecule has 6 heteroatoms. The Balaban J connectivity index is 1.74. The number of ether oxygens (including phenoxy) is 2. The molecular formula is C19H24N2O3S. The number of hydrogen-bond donors (Lipinski definition) is 1. The molecule has 0 spiro atoms. The van der Waals surface area contributed by atoms with Gasteiger partial charge in [0.05, 0.1) is 25.8 Å². The Morgan fingerprint density at radius 3 is 2.68 bits per heavy atom. The monoisotopic (exact) mass is 360 g/mol. The van der Waals surface area contributed by atoms with Gasteiger partial charge in [-0.15, -0.1) is 0 Å². The Morgan fingerprint density at radius 2 is 2.04 bits per heavy atom. The zero-order valence-electron chi connectivity index (χ0n) is 14.7. The maximum Gasteiger partial charge on any atom is 0.255 e.